The molecule has 9 nitrogen and oxygen atoms in total. The summed E-state index contributed by atoms with van der Waals surface area (Å²) in [5.74, 6) is -0.268. The van der Waals surface area contributed by atoms with Crippen LogP contribution in [0.15, 0.2) is 77.7 Å². The first kappa shape index (κ1) is 34.6. The van der Waals surface area contributed by atoms with Crippen molar-refractivity contribution in [3.63, 3.8) is 0 Å². The summed E-state index contributed by atoms with van der Waals surface area (Å²) in [5.41, 5.74) is 5.61. The molecule has 0 aliphatic heterocycles. The summed E-state index contributed by atoms with van der Waals surface area (Å²) < 4.78 is 0. The Hall–Kier alpha value is -4.92. The van der Waals surface area contributed by atoms with E-state index in [-0.39, 0.29) is 29.1 Å². The van der Waals surface area contributed by atoms with Gasteiger partial charge in [-0.1, -0.05) is 45.0 Å². The molecule has 4 aromatic rings. The molecule has 0 aliphatic rings. The summed E-state index contributed by atoms with van der Waals surface area (Å²) in [6.45, 7) is 13.5. The summed E-state index contributed by atoms with van der Waals surface area (Å²) in [6, 6.07) is 20.5. The van der Waals surface area contributed by atoms with E-state index >= 15 is 0 Å². The highest BCUT2D eigenvalue weighted by molar-refractivity contribution is 6.05. The number of rotatable bonds is 11. The van der Waals surface area contributed by atoms with E-state index in [1.54, 1.807) is 11.1 Å². The minimum absolute atomic E-state index is 0.0693. The number of benzene rings is 3. The molecular weight excluding hydrogens is 564 g/mol. The van der Waals surface area contributed by atoms with Crippen molar-refractivity contribution in [1.29, 1.82) is 0 Å². The Morgan fingerprint density at radius 1 is 0.956 bits per heavy atom. The van der Waals surface area contributed by atoms with Crippen LogP contribution in [0.1, 0.15) is 68.4 Å². The van der Waals surface area contributed by atoms with Gasteiger partial charge in [-0.25, -0.2) is 4.98 Å². The Kier molecular flexibility index (Phi) is 12.5. The maximum atomic E-state index is 13.0. The lowest BCUT2D eigenvalue weighted by molar-refractivity contribution is -0.131. The molecule has 1 atom stereocenters. The minimum atomic E-state index is -0.364. The number of carbonyl (C=O) groups excluding carboxylic acids is 2. The number of hydrogen-bond acceptors (Lipinski definition) is 6. The Balaban J connectivity index is 0.00000271. The quantitative estimate of drug-likeness (QED) is 0.166. The maximum absolute atomic E-state index is 13.0. The second-order valence-corrected chi connectivity index (χ2v) is 10.7. The molecule has 1 aromatic heterocycles. The minimum Gasteiger partial charge on any atom is -0.375 e. The largest absolute Gasteiger partial charge is 0.375 e. The summed E-state index contributed by atoms with van der Waals surface area (Å²) in [6.07, 6.45) is 2.47. The van der Waals surface area contributed by atoms with E-state index in [0.29, 0.717) is 29.2 Å². The predicted octanol–water partition coefficient (Wildman–Crippen LogP) is 7.20. The number of aromatic amines is 1. The van der Waals surface area contributed by atoms with Gasteiger partial charge in [-0.2, -0.15) is 0 Å². The standard InChI is InChI=1S/C34H40N6O3.C2H6/c1-7-20-40(6)34(43)22(3)24-12-16-26(17-13-24)36-31-33(42)35-21-30(37-31)28-10-9-11-29(23(28)4)38-32(41)25-14-18-27(19-15-25)39(5)8-2;1-2/h9-19,21-22H,7-8,20H2,1-6H3,(H,35,42)(H,36,37)(H,38,41);1-2H3. The highest BCUT2D eigenvalue weighted by atomic mass is 16.2. The Bertz CT molecular complexity index is 1630. The van der Waals surface area contributed by atoms with E-state index in [1.807, 2.05) is 115 Å². The smallest absolute Gasteiger partial charge is 0.291 e. The first-order chi connectivity index (χ1) is 21.6. The molecule has 3 aromatic carbocycles. The number of anilines is 4. The van der Waals surface area contributed by atoms with Crippen molar-refractivity contribution < 1.29 is 9.59 Å². The lowest BCUT2D eigenvalue weighted by atomic mass is 9.99. The maximum Gasteiger partial charge on any atom is 0.291 e. The molecule has 0 radical (unpaired) electrons. The van der Waals surface area contributed by atoms with Gasteiger partial charge in [0.25, 0.3) is 11.5 Å². The van der Waals surface area contributed by atoms with E-state index in [9.17, 15) is 14.4 Å². The van der Waals surface area contributed by atoms with Crippen LogP contribution in [0.25, 0.3) is 11.3 Å². The van der Waals surface area contributed by atoms with E-state index in [2.05, 4.69) is 32.4 Å². The normalized spacial score (nSPS) is 11.1. The van der Waals surface area contributed by atoms with Crippen LogP contribution in [0.2, 0.25) is 0 Å². The first-order valence-electron chi connectivity index (χ1n) is 15.6. The predicted molar refractivity (Wildman–Crippen MR) is 186 cm³/mol. The molecular formula is C36H46N6O3. The van der Waals surface area contributed by atoms with E-state index in [0.717, 1.165) is 35.3 Å². The van der Waals surface area contributed by atoms with Crippen molar-refractivity contribution >= 4 is 34.7 Å². The number of nitrogens with zero attached hydrogens (tertiary/aromatic N) is 3. The summed E-state index contributed by atoms with van der Waals surface area (Å²) in [4.78, 5) is 49.6. The van der Waals surface area contributed by atoms with Gasteiger partial charge in [-0.05, 0) is 80.8 Å². The number of hydrogen-bond donors (Lipinski definition) is 3. The van der Waals surface area contributed by atoms with Gasteiger partial charge < -0.3 is 25.4 Å². The molecule has 1 heterocycles. The molecule has 2 amide bonds. The van der Waals surface area contributed by atoms with Crippen LogP contribution in [0, 0.1) is 6.92 Å². The third-order valence-corrected chi connectivity index (χ3v) is 7.67. The molecule has 45 heavy (non-hydrogen) atoms. The first-order valence-corrected chi connectivity index (χ1v) is 15.6. The molecule has 0 bridgehead atoms. The fourth-order valence-electron chi connectivity index (χ4n) is 4.83. The van der Waals surface area contributed by atoms with E-state index in [1.165, 1.54) is 0 Å². The van der Waals surface area contributed by atoms with Crippen LogP contribution in [-0.2, 0) is 4.79 Å². The number of amides is 2. The molecule has 0 aliphatic carbocycles. The number of carbonyl (C=O) groups is 2. The van der Waals surface area contributed by atoms with Gasteiger partial charge in [0.2, 0.25) is 5.91 Å². The molecule has 238 valence electrons. The third-order valence-electron chi connectivity index (χ3n) is 7.67. The third kappa shape index (κ3) is 8.59. The second kappa shape index (κ2) is 16.2. The van der Waals surface area contributed by atoms with Gasteiger partial charge in [-0.15, -0.1) is 0 Å². The fraction of sp³-hybridized carbons (Fsp3) is 0.333. The number of likely N-dealkylation sites (N-methyl/N-ethyl adjacent to an activating group) is 1. The van der Waals surface area contributed by atoms with Crippen molar-refractivity contribution in [2.75, 3.05) is 42.7 Å². The van der Waals surface area contributed by atoms with Crippen LogP contribution in [-0.4, -0.2) is 53.9 Å². The van der Waals surface area contributed by atoms with Gasteiger partial charge in [-0.3, -0.25) is 14.4 Å². The number of nitrogens with one attached hydrogen (secondary N) is 3. The summed E-state index contributed by atoms with van der Waals surface area (Å²) in [7, 11) is 3.82. The van der Waals surface area contributed by atoms with Crippen molar-refractivity contribution in [3.8, 4) is 11.3 Å². The van der Waals surface area contributed by atoms with E-state index in [4.69, 9.17) is 0 Å². The number of H-pyrrole nitrogens is 1. The summed E-state index contributed by atoms with van der Waals surface area (Å²) in [5, 5.41) is 6.11. The highest BCUT2D eigenvalue weighted by Crippen LogP contribution is 2.28. The monoisotopic (exact) mass is 610 g/mol. The average molecular weight is 611 g/mol. The van der Waals surface area contributed by atoms with E-state index < -0.39 is 0 Å². The molecule has 9 heteroatoms. The Morgan fingerprint density at radius 3 is 2.24 bits per heavy atom. The SMILES string of the molecule is CC.CCCN(C)C(=O)C(C)c1ccc(Nc2nc(-c3cccc(NC(=O)c4ccc(N(C)CC)cc4)c3C)c[nH]c2=O)cc1. The van der Waals surface area contributed by atoms with Gasteiger partial charge >= 0.3 is 0 Å². The molecule has 3 N–H and O–H groups in total. The zero-order valence-corrected chi connectivity index (χ0v) is 27.7. The Labute approximate surface area is 266 Å². The molecule has 0 saturated carbocycles. The molecule has 0 fully saturated rings. The topological polar surface area (TPSA) is 110 Å². The van der Waals surface area contributed by atoms with Crippen LogP contribution >= 0.6 is 0 Å². The summed E-state index contributed by atoms with van der Waals surface area (Å²) >= 11 is 0. The van der Waals surface area contributed by atoms with Gasteiger partial charge in [0, 0.05) is 61.6 Å². The Morgan fingerprint density at radius 2 is 1.62 bits per heavy atom. The van der Waals surface area contributed by atoms with Crippen LogP contribution < -0.4 is 21.1 Å². The van der Waals surface area contributed by atoms with Crippen molar-refractivity contribution in [1.82, 2.24) is 14.9 Å². The van der Waals surface area contributed by atoms with Crippen molar-refractivity contribution in [2.24, 2.45) is 0 Å². The van der Waals surface area contributed by atoms with Gasteiger partial charge in [0.1, 0.15) is 0 Å². The van der Waals surface area contributed by atoms with Crippen molar-refractivity contribution in [2.45, 2.75) is 53.9 Å². The lowest BCUT2D eigenvalue weighted by Gasteiger charge is -2.21. The zero-order chi connectivity index (χ0) is 33.1. The number of aromatic nitrogens is 2. The molecule has 4 rings (SSSR count). The average Bonchev–Trinajstić information content (AvgIpc) is 3.07. The highest BCUT2D eigenvalue weighted by Gasteiger charge is 2.19. The van der Waals surface area contributed by atoms with Gasteiger partial charge in [0.05, 0.1) is 11.6 Å². The molecule has 0 spiro atoms. The van der Waals surface area contributed by atoms with Crippen molar-refractivity contribution in [3.05, 3.63) is 100.0 Å². The molecule has 1 unspecified atom stereocenters. The fourth-order valence-corrected chi connectivity index (χ4v) is 4.83. The van der Waals surface area contributed by atoms with Crippen LogP contribution in [0.5, 0.6) is 0 Å². The zero-order valence-electron chi connectivity index (χ0n) is 27.7. The second-order valence-electron chi connectivity index (χ2n) is 10.7. The van der Waals surface area contributed by atoms with Gasteiger partial charge in [0.15, 0.2) is 5.82 Å². The lowest BCUT2D eigenvalue weighted by Crippen LogP contribution is -2.31. The molecule has 0 saturated heterocycles. The van der Waals surface area contributed by atoms with Crippen LogP contribution in [0.3, 0.4) is 0 Å². The van der Waals surface area contributed by atoms with Crippen LogP contribution in [0.4, 0.5) is 22.9 Å².